The largest absolute Gasteiger partial charge is 0.514 e. The van der Waals surface area contributed by atoms with Crippen LogP contribution in [-0.2, 0) is 18.9 Å². The minimum atomic E-state index is -1.07. The van der Waals surface area contributed by atoms with E-state index < -0.39 is 29.4 Å². The van der Waals surface area contributed by atoms with Gasteiger partial charge in [0.1, 0.15) is 12.4 Å². The van der Waals surface area contributed by atoms with Crippen LogP contribution in [0.2, 0.25) is 0 Å². The second-order valence-corrected chi connectivity index (χ2v) is 6.99. The topological polar surface area (TPSA) is 150 Å². The zero-order valence-electron chi connectivity index (χ0n) is 18.0. The molecule has 1 N–H and O–H groups in total. The van der Waals surface area contributed by atoms with E-state index in [9.17, 15) is 19.7 Å². The van der Waals surface area contributed by atoms with Crippen molar-refractivity contribution in [1.29, 1.82) is 5.26 Å². The molecule has 0 aromatic heterocycles. The predicted molar refractivity (Wildman–Crippen MR) is 111 cm³/mol. The van der Waals surface area contributed by atoms with Crippen molar-refractivity contribution in [3.63, 3.8) is 0 Å². The van der Waals surface area contributed by atoms with E-state index in [-0.39, 0.29) is 41.4 Å². The first-order valence-electron chi connectivity index (χ1n) is 9.70. The molecule has 0 radical (unpaired) electrons. The van der Waals surface area contributed by atoms with Gasteiger partial charge in [0, 0.05) is 12.1 Å². The highest BCUT2D eigenvalue weighted by molar-refractivity contribution is 5.85. The number of nitriles is 1. The summed E-state index contributed by atoms with van der Waals surface area (Å²) in [6.45, 7) is 6.44. The second kappa shape index (κ2) is 10.8. The molecule has 1 aliphatic rings. The molecular formula is C21H23N3O8. The molecule has 0 amide bonds. The van der Waals surface area contributed by atoms with Gasteiger partial charge >= 0.3 is 12.3 Å². The first-order valence-corrected chi connectivity index (χ1v) is 9.70. The highest BCUT2D eigenvalue weighted by atomic mass is 16.7. The Kier molecular flexibility index (Phi) is 8.17. The van der Waals surface area contributed by atoms with Crippen LogP contribution in [0.25, 0.3) is 5.57 Å². The van der Waals surface area contributed by atoms with Gasteiger partial charge in [-0.2, -0.15) is 5.26 Å². The molecular weight excluding hydrogens is 422 g/mol. The van der Waals surface area contributed by atoms with Crippen LogP contribution in [0.4, 0.5) is 15.3 Å². The lowest BCUT2D eigenvalue weighted by molar-refractivity contribution is -0.384. The van der Waals surface area contributed by atoms with Gasteiger partial charge in [-0.25, -0.2) is 9.59 Å². The average Bonchev–Trinajstić information content (AvgIpc) is 2.71. The number of nitro benzene ring substituents is 1. The van der Waals surface area contributed by atoms with Crippen LogP contribution >= 0.6 is 0 Å². The summed E-state index contributed by atoms with van der Waals surface area (Å²) in [6, 6.07) is 6.83. The van der Waals surface area contributed by atoms with Gasteiger partial charge in [0.2, 0.25) is 0 Å². The lowest BCUT2D eigenvalue weighted by Crippen LogP contribution is -2.35. The first kappa shape index (κ1) is 24.2. The Hall–Kier alpha value is -4.07. The summed E-state index contributed by atoms with van der Waals surface area (Å²) >= 11 is 0. The Bertz CT molecular complexity index is 1010. The number of hydrogen-bond acceptors (Lipinski definition) is 10. The zero-order chi connectivity index (χ0) is 23.8. The molecule has 0 bridgehead atoms. The molecule has 1 aromatic rings. The number of allylic oxidation sites excluding steroid dienone is 2. The summed E-state index contributed by atoms with van der Waals surface area (Å²) in [7, 11) is 0. The summed E-state index contributed by atoms with van der Waals surface area (Å²) in [5.41, 5.74) is 0.637. The highest BCUT2D eigenvalue weighted by Crippen LogP contribution is 2.36. The van der Waals surface area contributed by atoms with Crippen LogP contribution in [0.5, 0.6) is 0 Å². The van der Waals surface area contributed by atoms with Gasteiger partial charge in [0.25, 0.3) is 5.69 Å². The minimum Gasteiger partial charge on any atom is -0.433 e. The van der Waals surface area contributed by atoms with E-state index in [2.05, 4.69) is 5.32 Å². The fraction of sp³-hybridized carbons (Fsp3) is 0.381. The molecule has 2 rings (SSSR count). The third-order valence-electron chi connectivity index (χ3n) is 4.13. The quantitative estimate of drug-likeness (QED) is 0.280. The van der Waals surface area contributed by atoms with Gasteiger partial charge in [-0.15, -0.1) is 0 Å². The number of nitro groups is 1. The molecule has 1 aliphatic heterocycles. The van der Waals surface area contributed by atoms with Gasteiger partial charge < -0.3 is 24.3 Å². The van der Waals surface area contributed by atoms with E-state index in [0.717, 1.165) is 0 Å². The van der Waals surface area contributed by atoms with Crippen molar-refractivity contribution in [3.8, 4) is 6.07 Å². The number of non-ortho nitro benzene ring substituents is 1. The Morgan fingerprint density at radius 3 is 2.62 bits per heavy atom. The lowest BCUT2D eigenvalue weighted by Gasteiger charge is -2.29. The molecule has 0 saturated carbocycles. The highest BCUT2D eigenvalue weighted by Gasteiger charge is 2.33. The number of rotatable bonds is 7. The van der Waals surface area contributed by atoms with Crippen molar-refractivity contribution in [2.45, 2.75) is 46.3 Å². The van der Waals surface area contributed by atoms with Crippen molar-refractivity contribution in [3.05, 3.63) is 57.2 Å². The molecule has 1 aromatic carbocycles. The number of ether oxygens (including phenoxy) is 4. The van der Waals surface area contributed by atoms with Gasteiger partial charge in [-0.05, 0) is 33.3 Å². The Labute approximate surface area is 184 Å². The lowest BCUT2D eigenvalue weighted by atomic mass is 9.95. The van der Waals surface area contributed by atoms with Gasteiger partial charge in [0.15, 0.2) is 5.76 Å². The maximum atomic E-state index is 12.2. The molecule has 11 nitrogen and oxygen atoms in total. The summed E-state index contributed by atoms with van der Waals surface area (Å²) < 4.78 is 20.7. The summed E-state index contributed by atoms with van der Waals surface area (Å²) in [4.78, 5) is 35.1. The van der Waals surface area contributed by atoms with Crippen LogP contribution in [0.1, 0.15) is 39.7 Å². The summed E-state index contributed by atoms with van der Waals surface area (Å²) in [5.74, 6) is -0.000486. The minimum absolute atomic E-state index is 0.0189. The molecule has 0 spiro atoms. The van der Waals surface area contributed by atoms with Gasteiger partial charge in [-0.3, -0.25) is 10.1 Å². The molecule has 1 atom stereocenters. The number of hydrogen-bond donors (Lipinski definition) is 1. The van der Waals surface area contributed by atoms with Crippen molar-refractivity contribution in [2.24, 2.45) is 0 Å². The summed E-state index contributed by atoms with van der Waals surface area (Å²) in [5, 5.41) is 22.9. The maximum Gasteiger partial charge on any atom is 0.514 e. The molecule has 1 heterocycles. The fourth-order valence-corrected chi connectivity index (χ4v) is 2.89. The van der Waals surface area contributed by atoms with Crippen molar-refractivity contribution < 1.29 is 33.5 Å². The van der Waals surface area contributed by atoms with Crippen molar-refractivity contribution >= 4 is 23.6 Å². The number of nitrogens with one attached hydrogen (secondary N) is 1. The van der Waals surface area contributed by atoms with Crippen molar-refractivity contribution in [1.82, 2.24) is 5.32 Å². The van der Waals surface area contributed by atoms with Gasteiger partial charge in [-0.1, -0.05) is 12.1 Å². The maximum absolute atomic E-state index is 12.2. The number of carbonyl (C=O) groups is 2. The Morgan fingerprint density at radius 2 is 2.00 bits per heavy atom. The van der Waals surface area contributed by atoms with E-state index in [1.165, 1.54) is 18.2 Å². The molecule has 0 saturated heterocycles. The number of dihydropyridines is 1. The fourth-order valence-electron chi connectivity index (χ4n) is 2.89. The standard InChI is InChI=1S/C21H23N3O8/c1-12(2)30-21(26)32-19-14(4)23-13(3)18(31-20(25)29-10-6-9-22)17(19)15-7-5-8-16(11-15)24(27)28/h5,7-8,11-13,23H,6,10H2,1-4H3. The molecule has 0 aliphatic carbocycles. The summed E-state index contributed by atoms with van der Waals surface area (Å²) in [6.07, 6.45) is -2.54. The molecule has 11 heteroatoms. The second-order valence-electron chi connectivity index (χ2n) is 6.99. The first-order chi connectivity index (χ1) is 15.1. The average molecular weight is 445 g/mol. The van der Waals surface area contributed by atoms with Crippen LogP contribution in [0.15, 0.2) is 41.5 Å². The Morgan fingerprint density at radius 1 is 1.28 bits per heavy atom. The van der Waals surface area contributed by atoms with E-state index in [1.54, 1.807) is 33.8 Å². The normalized spacial score (nSPS) is 15.6. The molecule has 170 valence electrons. The molecule has 1 unspecified atom stereocenters. The monoisotopic (exact) mass is 445 g/mol. The van der Waals surface area contributed by atoms with E-state index in [1.807, 2.05) is 6.07 Å². The number of benzene rings is 1. The van der Waals surface area contributed by atoms with Crippen LogP contribution in [0, 0.1) is 21.4 Å². The van der Waals surface area contributed by atoms with E-state index in [0.29, 0.717) is 5.70 Å². The molecule has 0 fully saturated rings. The van der Waals surface area contributed by atoms with Crippen LogP contribution < -0.4 is 5.32 Å². The number of nitrogens with zero attached hydrogens (tertiary/aromatic N) is 2. The predicted octanol–water partition coefficient (Wildman–Crippen LogP) is 4.16. The van der Waals surface area contributed by atoms with Gasteiger partial charge in [0.05, 0.1) is 40.8 Å². The van der Waals surface area contributed by atoms with Crippen LogP contribution in [-0.4, -0.2) is 36.0 Å². The van der Waals surface area contributed by atoms with E-state index >= 15 is 0 Å². The smallest absolute Gasteiger partial charge is 0.433 e. The SMILES string of the molecule is CC1=C(OC(=O)OC(C)C)C(c2cccc([N+](=O)[O-])c2)=C(OC(=O)OCCC#N)C(C)N1. The molecule has 32 heavy (non-hydrogen) atoms. The van der Waals surface area contributed by atoms with Crippen LogP contribution in [0.3, 0.4) is 0 Å². The third-order valence-corrected chi connectivity index (χ3v) is 4.13. The zero-order valence-corrected chi connectivity index (χ0v) is 18.0. The third kappa shape index (κ3) is 6.21. The Balaban J connectivity index is 2.56. The number of carbonyl (C=O) groups excluding carboxylic acids is 2. The van der Waals surface area contributed by atoms with E-state index in [4.69, 9.17) is 24.2 Å². The van der Waals surface area contributed by atoms with Crippen molar-refractivity contribution in [2.75, 3.05) is 6.61 Å².